The fraction of sp³-hybridized carbons (Fsp3) is 0.294. The van der Waals surface area contributed by atoms with Crippen molar-refractivity contribution in [3.8, 4) is 11.5 Å². The fourth-order valence-electron chi connectivity index (χ4n) is 2.28. The summed E-state index contributed by atoms with van der Waals surface area (Å²) in [5.41, 5.74) is 3.75. The first-order valence-corrected chi connectivity index (χ1v) is 6.58. The molecule has 0 heterocycles. The predicted octanol–water partition coefficient (Wildman–Crippen LogP) is 4.12. The number of para-hydroxylation sites is 1. The van der Waals surface area contributed by atoms with Crippen molar-refractivity contribution in [2.45, 2.75) is 33.1 Å². The van der Waals surface area contributed by atoms with Gasteiger partial charge < -0.3 is 10.2 Å². The molecule has 2 rings (SSSR count). The Labute approximate surface area is 114 Å². The zero-order valence-electron chi connectivity index (χ0n) is 11.6. The number of phenols is 2. The third-order valence-corrected chi connectivity index (χ3v) is 3.39. The Kier molecular flexibility index (Phi) is 3.79. The van der Waals surface area contributed by atoms with Crippen LogP contribution >= 0.6 is 0 Å². The Hall–Kier alpha value is -1.96. The van der Waals surface area contributed by atoms with E-state index < -0.39 is 0 Å². The zero-order valence-corrected chi connectivity index (χ0v) is 11.6. The Bertz CT molecular complexity index is 586. The van der Waals surface area contributed by atoms with Crippen molar-refractivity contribution in [3.05, 3.63) is 58.7 Å². The zero-order chi connectivity index (χ0) is 14.0. The van der Waals surface area contributed by atoms with E-state index in [0.717, 1.165) is 22.3 Å². The summed E-state index contributed by atoms with van der Waals surface area (Å²) < 4.78 is 0. The molecule has 2 N–H and O–H groups in total. The Morgan fingerprint density at radius 2 is 1.74 bits per heavy atom. The highest BCUT2D eigenvalue weighted by molar-refractivity contribution is 5.47. The van der Waals surface area contributed by atoms with Crippen LogP contribution in [0, 0.1) is 6.92 Å². The van der Waals surface area contributed by atoms with Crippen LogP contribution in [0.5, 0.6) is 11.5 Å². The number of hydrogen-bond acceptors (Lipinski definition) is 2. The van der Waals surface area contributed by atoms with Crippen LogP contribution in [0.1, 0.15) is 42.0 Å². The topological polar surface area (TPSA) is 40.5 Å². The number of phenolic OH excluding ortho intramolecular Hbond substituents is 2. The highest BCUT2D eigenvalue weighted by Crippen LogP contribution is 2.32. The molecule has 0 aromatic heterocycles. The smallest absolute Gasteiger partial charge is 0.122 e. The van der Waals surface area contributed by atoms with Gasteiger partial charge in [0.1, 0.15) is 11.5 Å². The van der Waals surface area contributed by atoms with Gasteiger partial charge in [0.2, 0.25) is 0 Å². The lowest BCUT2D eigenvalue weighted by atomic mass is 9.95. The van der Waals surface area contributed by atoms with Gasteiger partial charge in [0, 0.05) is 6.42 Å². The highest BCUT2D eigenvalue weighted by Gasteiger charge is 2.12. The van der Waals surface area contributed by atoms with Crippen LogP contribution in [0.3, 0.4) is 0 Å². The van der Waals surface area contributed by atoms with E-state index in [2.05, 4.69) is 13.8 Å². The second kappa shape index (κ2) is 5.35. The van der Waals surface area contributed by atoms with Crippen molar-refractivity contribution in [2.24, 2.45) is 0 Å². The molecule has 0 saturated carbocycles. The number of hydrogen-bond donors (Lipinski definition) is 2. The minimum Gasteiger partial charge on any atom is -0.508 e. The van der Waals surface area contributed by atoms with Crippen molar-refractivity contribution >= 4 is 0 Å². The third-order valence-electron chi connectivity index (χ3n) is 3.39. The van der Waals surface area contributed by atoms with Gasteiger partial charge in [-0.05, 0) is 35.6 Å². The first kappa shape index (κ1) is 13.5. The minimum absolute atomic E-state index is 0.278. The third kappa shape index (κ3) is 2.90. The van der Waals surface area contributed by atoms with E-state index in [0.29, 0.717) is 12.2 Å². The van der Waals surface area contributed by atoms with Crippen LogP contribution in [0.15, 0.2) is 36.4 Å². The van der Waals surface area contributed by atoms with Gasteiger partial charge in [0.25, 0.3) is 0 Å². The molecular formula is C17H20O2. The van der Waals surface area contributed by atoms with E-state index in [4.69, 9.17) is 0 Å². The van der Waals surface area contributed by atoms with Crippen LogP contribution in [-0.4, -0.2) is 10.2 Å². The summed E-state index contributed by atoms with van der Waals surface area (Å²) in [6.07, 6.45) is 0.542. The van der Waals surface area contributed by atoms with E-state index in [1.807, 2.05) is 37.3 Å². The molecule has 0 saturated heterocycles. The van der Waals surface area contributed by atoms with Gasteiger partial charge in [0.15, 0.2) is 0 Å². The van der Waals surface area contributed by atoms with Crippen molar-refractivity contribution in [3.63, 3.8) is 0 Å². The van der Waals surface area contributed by atoms with Crippen molar-refractivity contribution in [2.75, 3.05) is 0 Å². The molecule has 2 heteroatoms. The SMILES string of the molecule is Cc1ccc(O)c(Cc2cccc(C(C)C)c2O)c1. The van der Waals surface area contributed by atoms with Crippen LogP contribution < -0.4 is 0 Å². The summed E-state index contributed by atoms with van der Waals surface area (Å²) in [4.78, 5) is 0. The van der Waals surface area contributed by atoms with Gasteiger partial charge in [0.05, 0.1) is 0 Å². The van der Waals surface area contributed by atoms with Gasteiger partial charge in [-0.2, -0.15) is 0 Å². The van der Waals surface area contributed by atoms with Crippen LogP contribution in [0.25, 0.3) is 0 Å². The van der Waals surface area contributed by atoms with E-state index in [9.17, 15) is 10.2 Å². The van der Waals surface area contributed by atoms with Gasteiger partial charge in [-0.1, -0.05) is 49.7 Å². The van der Waals surface area contributed by atoms with Gasteiger partial charge in [-0.3, -0.25) is 0 Å². The summed E-state index contributed by atoms with van der Waals surface area (Å²) in [5, 5.41) is 20.2. The number of aromatic hydroxyl groups is 2. The molecule has 0 radical (unpaired) electrons. The Morgan fingerprint density at radius 3 is 2.42 bits per heavy atom. The van der Waals surface area contributed by atoms with E-state index in [1.54, 1.807) is 6.07 Å². The average molecular weight is 256 g/mol. The van der Waals surface area contributed by atoms with Crippen molar-refractivity contribution in [1.29, 1.82) is 0 Å². The molecule has 2 nitrogen and oxygen atoms in total. The summed E-state index contributed by atoms with van der Waals surface area (Å²) in [6, 6.07) is 11.3. The molecule has 0 atom stereocenters. The molecule has 0 unspecified atom stereocenters. The molecule has 0 aliphatic rings. The maximum Gasteiger partial charge on any atom is 0.122 e. The van der Waals surface area contributed by atoms with Gasteiger partial charge >= 0.3 is 0 Å². The maximum atomic E-state index is 10.3. The molecule has 100 valence electrons. The lowest BCUT2D eigenvalue weighted by molar-refractivity contribution is 0.456. The van der Waals surface area contributed by atoms with Crippen LogP contribution in [-0.2, 0) is 6.42 Å². The second-order valence-corrected chi connectivity index (χ2v) is 5.32. The minimum atomic E-state index is 0.278. The van der Waals surface area contributed by atoms with Crippen LogP contribution in [0.2, 0.25) is 0 Å². The fourth-order valence-corrected chi connectivity index (χ4v) is 2.28. The lowest BCUT2D eigenvalue weighted by Gasteiger charge is -2.13. The molecular weight excluding hydrogens is 236 g/mol. The maximum absolute atomic E-state index is 10.3. The summed E-state index contributed by atoms with van der Waals surface area (Å²) >= 11 is 0. The summed E-state index contributed by atoms with van der Waals surface area (Å²) in [5.74, 6) is 0.907. The van der Waals surface area contributed by atoms with Crippen molar-refractivity contribution < 1.29 is 10.2 Å². The predicted molar refractivity (Wildman–Crippen MR) is 77.8 cm³/mol. The van der Waals surface area contributed by atoms with E-state index in [1.165, 1.54) is 0 Å². The molecule has 19 heavy (non-hydrogen) atoms. The molecule has 0 aliphatic heterocycles. The molecule has 0 fully saturated rings. The molecule has 0 amide bonds. The molecule has 2 aromatic carbocycles. The first-order chi connectivity index (χ1) is 8.99. The standard InChI is InChI=1S/C17H20O2/c1-11(2)15-6-4-5-13(17(15)19)10-14-9-12(3)7-8-16(14)18/h4-9,11,18-19H,10H2,1-3H3. The van der Waals surface area contributed by atoms with Gasteiger partial charge in [-0.25, -0.2) is 0 Å². The lowest BCUT2D eigenvalue weighted by Crippen LogP contribution is -1.95. The van der Waals surface area contributed by atoms with E-state index in [-0.39, 0.29) is 11.7 Å². The summed E-state index contributed by atoms with van der Waals surface area (Å²) in [6.45, 7) is 6.11. The molecule has 0 spiro atoms. The average Bonchev–Trinajstić information content (AvgIpc) is 2.36. The normalized spacial score (nSPS) is 10.9. The monoisotopic (exact) mass is 256 g/mol. The first-order valence-electron chi connectivity index (χ1n) is 6.58. The largest absolute Gasteiger partial charge is 0.508 e. The van der Waals surface area contributed by atoms with Gasteiger partial charge in [-0.15, -0.1) is 0 Å². The summed E-state index contributed by atoms with van der Waals surface area (Å²) in [7, 11) is 0. The van der Waals surface area contributed by atoms with E-state index >= 15 is 0 Å². The highest BCUT2D eigenvalue weighted by atomic mass is 16.3. The quantitative estimate of drug-likeness (QED) is 0.867. The number of rotatable bonds is 3. The van der Waals surface area contributed by atoms with Crippen LogP contribution in [0.4, 0.5) is 0 Å². The second-order valence-electron chi connectivity index (χ2n) is 5.32. The number of benzene rings is 2. The molecule has 0 bridgehead atoms. The molecule has 0 aliphatic carbocycles. The molecule has 2 aromatic rings. The Morgan fingerprint density at radius 1 is 1.00 bits per heavy atom. The van der Waals surface area contributed by atoms with Crippen molar-refractivity contribution in [1.82, 2.24) is 0 Å². The Balaban J connectivity index is 2.38. The number of aryl methyl sites for hydroxylation is 1.